The molecule has 1 aromatic carbocycles. The predicted molar refractivity (Wildman–Crippen MR) is 105 cm³/mol. The second-order valence-corrected chi connectivity index (χ2v) is 7.26. The lowest BCUT2D eigenvalue weighted by Crippen LogP contribution is -2.35. The zero-order valence-electron chi connectivity index (χ0n) is 14.2. The predicted octanol–water partition coefficient (Wildman–Crippen LogP) is 2.55. The lowest BCUT2D eigenvalue weighted by molar-refractivity contribution is -0.146. The summed E-state index contributed by atoms with van der Waals surface area (Å²) >= 11 is 6.39. The fourth-order valence-electron chi connectivity index (χ4n) is 1.98. The Morgan fingerprint density at radius 3 is 2.72 bits per heavy atom. The van der Waals surface area contributed by atoms with Gasteiger partial charge in [-0.1, -0.05) is 66.5 Å². The van der Waals surface area contributed by atoms with Crippen LogP contribution in [0, 0.1) is 0 Å². The third-order valence-corrected chi connectivity index (χ3v) is 4.69. The van der Waals surface area contributed by atoms with Crippen molar-refractivity contribution in [1.82, 2.24) is 9.80 Å². The number of likely N-dealkylation sites (N-methyl/N-ethyl adjacent to an activating group) is 1. The molecule has 1 aliphatic rings. The van der Waals surface area contributed by atoms with Crippen molar-refractivity contribution in [2.24, 2.45) is 0 Å². The standard InChI is InChI=1S/C18H20N2O3S2/c1-19(2)11-12-23-16(21)13-20-17(22)15(25-18(20)24)10-6-9-14-7-4-3-5-8-14/h3-10H,11-13H2,1-2H3/b9-6+,15-10-. The van der Waals surface area contributed by atoms with E-state index in [9.17, 15) is 9.59 Å². The molecule has 0 bridgehead atoms. The molecule has 5 nitrogen and oxygen atoms in total. The van der Waals surface area contributed by atoms with Crippen molar-refractivity contribution < 1.29 is 14.3 Å². The maximum absolute atomic E-state index is 12.4. The molecule has 1 saturated heterocycles. The minimum atomic E-state index is -0.459. The van der Waals surface area contributed by atoms with Gasteiger partial charge >= 0.3 is 5.97 Å². The van der Waals surface area contributed by atoms with Crippen LogP contribution in [0.5, 0.6) is 0 Å². The summed E-state index contributed by atoms with van der Waals surface area (Å²) in [6, 6.07) is 9.78. The fraction of sp³-hybridized carbons (Fsp3) is 0.278. The number of allylic oxidation sites excluding steroid dienone is 2. The van der Waals surface area contributed by atoms with Crippen molar-refractivity contribution in [1.29, 1.82) is 0 Å². The highest BCUT2D eigenvalue weighted by molar-refractivity contribution is 8.26. The molecule has 0 spiro atoms. The molecule has 0 aliphatic carbocycles. The zero-order chi connectivity index (χ0) is 18.2. The molecule has 0 N–H and O–H groups in total. The number of hydrogen-bond acceptors (Lipinski definition) is 6. The second kappa shape index (κ2) is 9.50. The molecule has 0 saturated carbocycles. The lowest BCUT2D eigenvalue weighted by Gasteiger charge is -2.14. The highest BCUT2D eigenvalue weighted by atomic mass is 32.2. The van der Waals surface area contributed by atoms with Crippen molar-refractivity contribution in [3.63, 3.8) is 0 Å². The van der Waals surface area contributed by atoms with Crippen LogP contribution in [0.4, 0.5) is 0 Å². The number of esters is 1. The number of thiocarbonyl (C=S) groups is 1. The number of amides is 1. The minimum Gasteiger partial charge on any atom is -0.463 e. The van der Waals surface area contributed by atoms with E-state index in [-0.39, 0.29) is 19.1 Å². The van der Waals surface area contributed by atoms with Gasteiger partial charge in [0, 0.05) is 6.54 Å². The Hall–Kier alpha value is -1.96. The quantitative estimate of drug-likeness (QED) is 0.414. The molecule has 1 heterocycles. The number of carbonyl (C=O) groups excluding carboxylic acids is 2. The molecule has 0 radical (unpaired) electrons. The van der Waals surface area contributed by atoms with Crippen LogP contribution in [0.25, 0.3) is 6.08 Å². The third-order valence-electron chi connectivity index (χ3n) is 3.30. The zero-order valence-corrected chi connectivity index (χ0v) is 15.8. The monoisotopic (exact) mass is 376 g/mol. The van der Waals surface area contributed by atoms with E-state index in [4.69, 9.17) is 17.0 Å². The van der Waals surface area contributed by atoms with Crippen LogP contribution >= 0.6 is 24.0 Å². The number of benzene rings is 1. The van der Waals surface area contributed by atoms with Crippen molar-refractivity contribution in [3.05, 3.63) is 53.0 Å². The first kappa shape index (κ1) is 19.4. The molecular weight excluding hydrogens is 356 g/mol. The average Bonchev–Trinajstić information content (AvgIpc) is 2.83. The van der Waals surface area contributed by atoms with Crippen LogP contribution in [0.3, 0.4) is 0 Å². The van der Waals surface area contributed by atoms with Gasteiger partial charge in [0.05, 0.1) is 4.91 Å². The van der Waals surface area contributed by atoms with Gasteiger partial charge < -0.3 is 9.64 Å². The van der Waals surface area contributed by atoms with E-state index < -0.39 is 5.97 Å². The molecule has 1 aromatic rings. The van der Waals surface area contributed by atoms with E-state index in [2.05, 4.69) is 0 Å². The molecule has 0 aromatic heterocycles. The van der Waals surface area contributed by atoms with E-state index in [0.29, 0.717) is 15.8 Å². The summed E-state index contributed by atoms with van der Waals surface area (Å²) in [7, 11) is 3.78. The second-order valence-electron chi connectivity index (χ2n) is 5.58. The molecule has 1 fully saturated rings. The largest absolute Gasteiger partial charge is 0.463 e. The van der Waals surface area contributed by atoms with Crippen LogP contribution in [-0.2, 0) is 14.3 Å². The van der Waals surface area contributed by atoms with Gasteiger partial charge in [0.25, 0.3) is 5.91 Å². The summed E-state index contributed by atoms with van der Waals surface area (Å²) in [6.45, 7) is 0.766. The molecule has 0 atom stereocenters. The van der Waals surface area contributed by atoms with Crippen LogP contribution in [-0.4, -0.2) is 59.8 Å². The van der Waals surface area contributed by atoms with Crippen molar-refractivity contribution >= 4 is 46.3 Å². The summed E-state index contributed by atoms with van der Waals surface area (Å²) in [5.41, 5.74) is 1.04. The van der Waals surface area contributed by atoms with Crippen LogP contribution < -0.4 is 0 Å². The van der Waals surface area contributed by atoms with Crippen LogP contribution in [0.15, 0.2) is 47.4 Å². The fourth-order valence-corrected chi connectivity index (χ4v) is 3.18. The summed E-state index contributed by atoms with van der Waals surface area (Å²) < 4.78 is 5.48. The Labute approximate surface area is 157 Å². The van der Waals surface area contributed by atoms with Crippen molar-refractivity contribution in [2.75, 3.05) is 33.8 Å². The highest BCUT2D eigenvalue weighted by Gasteiger charge is 2.33. The normalized spacial score (nSPS) is 16.4. The smallest absolute Gasteiger partial charge is 0.326 e. The number of ether oxygens (including phenoxy) is 1. The van der Waals surface area contributed by atoms with E-state index in [1.54, 1.807) is 12.2 Å². The molecule has 2 rings (SSSR count). The lowest BCUT2D eigenvalue weighted by atomic mass is 10.2. The van der Waals surface area contributed by atoms with Gasteiger partial charge in [0.15, 0.2) is 0 Å². The third kappa shape index (κ3) is 6.12. The Morgan fingerprint density at radius 1 is 1.32 bits per heavy atom. The number of hydrogen-bond donors (Lipinski definition) is 0. The van der Waals surface area contributed by atoms with Gasteiger partial charge in [-0.3, -0.25) is 14.5 Å². The average molecular weight is 377 g/mol. The molecule has 0 unspecified atom stereocenters. The Morgan fingerprint density at radius 2 is 2.04 bits per heavy atom. The molecule has 25 heavy (non-hydrogen) atoms. The summed E-state index contributed by atoms with van der Waals surface area (Å²) in [5, 5.41) is 0. The molecule has 132 valence electrons. The Kier molecular flexibility index (Phi) is 7.36. The topological polar surface area (TPSA) is 49.9 Å². The molecule has 1 aliphatic heterocycles. The van der Waals surface area contributed by atoms with Crippen molar-refractivity contribution in [2.45, 2.75) is 0 Å². The van der Waals surface area contributed by atoms with E-state index in [0.717, 1.165) is 5.56 Å². The van der Waals surface area contributed by atoms with Gasteiger partial charge in [-0.15, -0.1) is 0 Å². The molecule has 1 amide bonds. The van der Waals surface area contributed by atoms with Gasteiger partial charge in [-0.25, -0.2) is 0 Å². The first-order valence-electron chi connectivity index (χ1n) is 7.75. The number of nitrogens with zero attached hydrogens (tertiary/aromatic N) is 2. The first-order valence-corrected chi connectivity index (χ1v) is 8.97. The SMILES string of the molecule is CN(C)CCOC(=O)CN1C(=O)/C(=C/C=C/c2ccccc2)SC1=S. The Balaban J connectivity index is 1.91. The van der Waals surface area contributed by atoms with E-state index in [1.807, 2.05) is 55.4 Å². The number of thioether (sulfide) groups is 1. The van der Waals surface area contributed by atoms with Gasteiger partial charge in [0.1, 0.15) is 17.5 Å². The molecular formula is C18H20N2O3S2. The van der Waals surface area contributed by atoms with E-state index >= 15 is 0 Å². The first-order chi connectivity index (χ1) is 12.0. The van der Waals surface area contributed by atoms with Crippen LogP contribution in [0.1, 0.15) is 5.56 Å². The van der Waals surface area contributed by atoms with Gasteiger partial charge in [-0.05, 0) is 25.7 Å². The van der Waals surface area contributed by atoms with Crippen LogP contribution in [0.2, 0.25) is 0 Å². The number of carbonyl (C=O) groups is 2. The van der Waals surface area contributed by atoms with E-state index in [1.165, 1.54) is 16.7 Å². The number of rotatable bonds is 7. The summed E-state index contributed by atoms with van der Waals surface area (Å²) in [5.74, 6) is -0.725. The Bertz CT molecular complexity index is 700. The summed E-state index contributed by atoms with van der Waals surface area (Å²) in [6.07, 6.45) is 5.42. The maximum Gasteiger partial charge on any atom is 0.326 e. The van der Waals surface area contributed by atoms with Gasteiger partial charge in [-0.2, -0.15) is 0 Å². The van der Waals surface area contributed by atoms with Gasteiger partial charge in [0.2, 0.25) is 0 Å². The highest BCUT2D eigenvalue weighted by Crippen LogP contribution is 2.30. The minimum absolute atomic E-state index is 0.155. The summed E-state index contributed by atoms with van der Waals surface area (Å²) in [4.78, 5) is 27.9. The maximum atomic E-state index is 12.4. The van der Waals surface area contributed by atoms with Crippen molar-refractivity contribution in [3.8, 4) is 0 Å². The molecule has 7 heteroatoms.